The van der Waals surface area contributed by atoms with Crippen LogP contribution in [0.25, 0.3) is 0 Å². The van der Waals surface area contributed by atoms with E-state index in [1.807, 2.05) is 14.1 Å². The van der Waals surface area contributed by atoms with Gasteiger partial charge in [-0.2, -0.15) is 0 Å². The van der Waals surface area contributed by atoms with E-state index in [4.69, 9.17) is 5.73 Å². The Bertz CT molecular complexity index is 403. The quantitative estimate of drug-likeness (QED) is 0.784. The molecule has 5 nitrogen and oxygen atoms in total. The van der Waals surface area contributed by atoms with E-state index in [1.165, 1.54) is 11.3 Å². The van der Waals surface area contributed by atoms with Gasteiger partial charge in [-0.15, -0.1) is 36.2 Å². The van der Waals surface area contributed by atoms with Gasteiger partial charge in [-0.05, 0) is 26.4 Å². The van der Waals surface area contributed by atoms with E-state index in [2.05, 4.69) is 29.0 Å². The van der Waals surface area contributed by atoms with Crippen LogP contribution in [0.15, 0.2) is 5.38 Å². The van der Waals surface area contributed by atoms with Crippen molar-refractivity contribution in [1.29, 1.82) is 0 Å². The van der Waals surface area contributed by atoms with Gasteiger partial charge in [-0.25, -0.2) is 4.98 Å². The highest BCUT2D eigenvalue weighted by molar-refractivity contribution is 7.09. The van der Waals surface area contributed by atoms with Crippen molar-refractivity contribution in [2.45, 2.75) is 32.9 Å². The van der Waals surface area contributed by atoms with Crippen LogP contribution in [0.2, 0.25) is 0 Å². The van der Waals surface area contributed by atoms with Crippen molar-refractivity contribution < 1.29 is 4.79 Å². The first-order valence-electron chi connectivity index (χ1n) is 6.52. The SMILES string of the molecule is CC(C)CC(CN(C)C)NC(=O)c1csc(CN)n1.Cl.Cl. The third-order valence-electron chi connectivity index (χ3n) is 2.64. The molecule has 0 bridgehead atoms. The molecule has 0 fully saturated rings. The Hall–Kier alpha value is -0.400. The molecule has 1 heterocycles. The maximum atomic E-state index is 12.1. The predicted molar refractivity (Wildman–Crippen MR) is 93.8 cm³/mol. The Morgan fingerprint density at radius 2 is 2.05 bits per heavy atom. The van der Waals surface area contributed by atoms with Crippen LogP contribution in [0.1, 0.15) is 35.8 Å². The summed E-state index contributed by atoms with van der Waals surface area (Å²) in [5.41, 5.74) is 5.98. The number of amides is 1. The lowest BCUT2D eigenvalue weighted by molar-refractivity contribution is 0.0920. The fourth-order valence-electron chi connectivity index (χ4n) is 1.96. The van der Waals surface area contributed by atoms with E-state index in [9.17, 15) is 4.79 Å². The number of rotatable bonds is 7. The molecule has 124 valence electrons. The number of hydrogen-bond acceptors (Lipinski definition) is 5. The number of hydrogen-bond donors (Lipinski definition) is 2. The minimum atomic E-state index is -0.108. The Kier molecular flexibility index (Phi) is 12.2. The molecule has 0 aliphatic rings. The standard InChI is InChI=1S/C13H24N4OS.2ClH/c1-9(2)5-10(7-17(3)4)15-13(18)11-8-19-12(6-14)16-11;;/h8-10H,5-7,14H2,1-4H3,(H,15,18);2*1H. The molecule has 0 aliphatic heterocycles. The molecule has 0 spiro atoms. The highest BCUT2D eigenvalue weighted by Gasteiger charge is 2.17. The van der Waals surface area contributed by atoms with Crippen molar-refractivity contribution in [3.05, 3.63) is 16.1 Å². The molecule has 0 aromatic carbocycles. The molecular formula is C13H26Cl2N4OS. The third-order valence-corrected chi connectivity index (χ3v) is 3.51. The molecule has 1 amide bonds. The summed E-state index contributed by atoms with van der Waals surface area (Å²) in [4.78, 5) is 18.4. The molecule has 0 radical (unpaired) electrons. The second-order valence-electron chi connectivity index (χ2n) is 5.39. The van der Waals surface area contributed by atoms with Gasteiger partial charge in [0.2, 0.25) is 0 Å². The van der Waals surface area contributed by atoms with Gasteiger partial charge >= 0.3 is 0 Å². The number of carbonyl (C=O) groups is 1. The van der Waals surface area contributed by atoms with Crippen molar-refractivity contribution in [3.63, 3.8) is 0 Å². The van der Waals surface area contributed by atoms with Gasteiger partial charge < -0.3 is 16.0 Å². The van der Waals surface area contributed by atoms with Crippen molar-refractivity contribution in [3.8, 4) is 0 Å². The van der Waals surface area contributed by atoms with E-state index in [0.29, 0.717) is 18.2 Å². The monoisotopic (exact) mass is 356 g/mol. The van der Waals surface area contributed by atoms with Crippen LogP contribution in [0.4, 0.5) is 0 Å². The van der Waals surface area contributed by atoms with Gasteiger partial charge in [0.1, 0.15) is 10.7 Å². The fraction of sp³-hybridized carbons (Fsp3) is 0.692. The second kappa shape index (κ2) is 11.2. The number of carbonyl (C=O) groups excluding carboxylic acids is 1. The van der Waals surface area contributed by atoms with E-state index in [0.717, 1.165) is 18.0 Å². The van der Waals surface area contributed by atoms with Crippen LogP contribution in [0.5, 0.6) is 0 Å². The molecule has 0 saturated carbocycles. The van der Waals surface area contributed by atoms with Crippen molar-refractivity contribution in [2.24, 2.45) is 11.7 Å². The van der Waals surface area contributed by atoms with Gasteiger partial charge in [-0.1, -0.05) is 13.8 Å². The zero-order valence-electron chi connectivity index (χ0n) is 13.0. The summed E-state index contributed by atoms with van der Waals surface area (Å²) < 4.78 is 0. The normalized spacial score (nSPS) is 11.8. The summed E-state index contributed by atoms with van der Waals surface area (Å²) in [6.45, 7) is 5.53. The molecular weight excluding hydrogens is 331 g/mol. The Balaban J connectivity index is 0. The number of nitrogens with two attached hydrogens (primary N) is 1. The van der Waals surface area contributed by atoms with Gasteiger partial charge in [0.25, 0.3) is 5.91 Å². The molecule has 21 heavy (non-hydrogen) atoms. The Morgan fingerprint density at radius 1 is 1.43 bits per heavy atom. The van der Waals surface area contributed by atoms with Crippen LogP contribution in [0, 0.1) is 5.92 Å². The van der Waals surface area contributed by atoms with Crippen molar-refractivity contribution in [1.82, 2.24) is 15.2 Å². The number of aromatic nitrogens is 1. The number of halogens is 2. The average Bonchev–Trinajstić information content (AvgIpc) is 2.75. The van der Waals surface area contributed by atoms with Gasteiger partial charge in [0, 0.05) is 24.5 Å². The Labute approximate surface area is 143 Å². The van der Waals surface area contributed by atoms with Crippen LogP contribution in [-0.2, 0) is 6.54 Å². The highest BCUT2D eigenvalue weighted by Crippen LogP contribution is 2.10. The van der Waals surface area contributed by atoms with Gasteiger partial charge in [0.05, 0.1) is 0 Å². The minimum Gasteiger partial charge on any atom is -0.347 e. The molecule has 3 N–H and O–H groups in total. The van der Waals surface area contributed by atoms with E-state index in [-0.39, 0.29) is 36.8 Å². The molecule has 0 aliphatic carbocycles. The average molecular weight is 357 g/mol. The molecule has 1 unspecified atom stereocenters. The number of likely N-dealkylation sites (N-methyl/N-ethyl adjacent to an activating group) is 1. The molecule has 1 aromatic heterocycles. The lowest BCUT2D eigenvalue weighted by Crippen LogP contribution is -2.42. The van der Waals surface area contributed by atoms with Crippen LogP contribution < -0.4 is 11.1 Å². The van der Waals surface area contributed by atoms with Crippen molar-refractivity contribution in [2.75, 3.05) is 20.6 Å². The van der Waals surface area contributed by atoms with E-state index in [1.54, 1.807) is 5.38 Å². The first kappa shape index (κ1) is 22.9. The molecule has 1 rings (SSSR count). The fourth-order valence-corrected chi connectivity index (χ4v) is 2.61. The molecule has 8 heteroatoms. The zero-order chi connectivity index (χ0) is 14.4. The smallest absolute Gasteiger partial charge is 0.271 e. The zero-order valence-corrected chi connectivity index (χ0v) is 15.4. The molecule has 0 saturated heterocycles. The summed E-state index contributed by atoms with van der Waals surface area (Å²) in [5, 5.41) is 5.61. The molecule has 1 atom stereocenters. The topological polar surface area (TPSA) is 71.2 Å². The predicted octanol–water partition coefficient (Wildman–Crippen LogP) is 2.15. The maximum Gasteiger partial charge on any atom is 0.271 e. The minimum absolute atomic E-state index is 0. The summed E-state index contributed by atoms with van der Waals surface area (Å²) in [6, 6.07) is 0.144. The molecule has 1 aromatic rings. The highest BCUT2D eigenvalue weighted by atomic mass is 35.5. The third kappa shape index (κ3) is 8.58. The first-order valence-corrected chi connectivity index (χ1v) is 7.40. The van der Waals surface area contributed by atoms with E-state index >= 15 is 0 Å². The number of nitrogens with one attached hydrogen (secondary N) is 1. The van der Waals surface area contributed by atoms with E-state index < -0.39 is 0 Å². The lowest BCUT2D eigenvalue weighted by atomic mass is 10.0. The first-order chi connectivity index (χ1) is 8.92. The number of thiazole rings is 1. The van der Waals surface area contributed by atoms with Crippen molar-refractivity contribution >= 4 is 42.1 Å². The summed E-state index contributed by atoms with van der Waals surface area (Å²) in [7, 11) is 4.02. The summed E-state index contributed by atoms with van der Waals surface area (Å²) in [6.07, 6.45) is 0.956. The lowest BCUT2D eigenvalue weighted by Gasteiger charge is -2.23. The number of nitrogens with zero attached hydrogens (tertiary/aromatic N) is 2. The summed E-state index contributed by atoms with van der Waals surface area (Å²) in [5.74, 6) is 0.434. The van der Waals surface area contributed by atoms with Gasteiger partial charge in [0.15, 0.2) is 0 Å². The van der Waals surface area contributed by atoms with Crippen LogP contribution in [-0.4, -0.2) is 42.5 Å². The maximum absolute atomic E-state index is 12.1. The van der Waals surface area contributed by atoms with Crippen LogP contribution >= 0.6 is 36.2 Å². The van der Waals surface area contributed by atoms with Gasteiger partial charge in [-0.3, -0.25) is 4.79 Å². The van der Waals surface area contributed by atoms with Crippen LogP contribution in [0.3, 0.4) is 0 Å². The second-order valence-corrected chi connectivity index (χ2v) is 6.34. The summed E-state index contributed by atoms with van der Waals surface area (Å²) >= 11 is 1.43. The largest absolute Gasteiger partial charge is 0.347 e. The Morgan fingerprint density at radius 3 is 2.48 bits per heavy atom.